The maximum atomic E-state index is 14.1. The number of nitrogens with zero attached hydrogens (tertiary/aromatic N) is 2. The second-order valence-electron chi connectivity index (χ2n) is 4.42. The largest absolute Gasteiger partial charge is 0.349 e. The van der Waals surface area contributed by atoms with Gasteiger partial charge in [0.15, 0.2) is 0 Å². The summed E-state index contributed by atoms with van der Waals surface area (Å²) in [6.45, 7) is 1.40. The maximum Gasteiger partial charge on any atom is 0.349 e. The number of benzene rings is 1. The van der Waals surface area contributed by atoms with Gasteiger partial charge in [-0.2, -0.15) is 8.78 Å². The molecule has 0 saturated carbocycles. The average molecular weight is 285 g/mol. The number of carbonyl (C=O) groups excluding carboxylic acids is 1. The van der Waals surface area contributed by atoms with Gasteiger partial charge in [0.1, 0.15) is 0 Å². The number of rotatable bonds is 3. The molecule has 1 heterocycles. The molecule has 0 spiro atoms. The van der Waals surface area contributed by atoms with Crippen LogP contribution in [0, 0.1) is 10.1 Å². The summed E-state index contributed by atoms with van der Waals surface area (Å²) in [5.74, 6) is -4.94. The summed E-state index contributed by atoms with van der Waals surface area (Å²) >= 11 is 0. The molecule has 1 aromatic carbocycles. The molecule has 0 radical (unpaired) electrons. The van der Waals surface area contributed by atoms with Crippen LogP contribution in [0.25, 0.3) is 0 Å². The van der Waals surface area contributed by atoms with Crippen LogP contribution in [0.3, 0.4) is 0 Å². The summed E-state index contributed by atoms with van der Waals surface area (Å²) in [6.07, 6.45) is 0. The first-order valence-corrected chi connectivity index (χ1v) is 6.06. The van der Waals surface area contributed by atoms with Gasteiger partial charge in [0.25, 0.3) is 11.6 Å². The lowest BCUT2D eigenvalue weighted by molar-refractivity contribution is -0.384. The zero-order valence-corrected chi connectivity index (χ0v) is 10.5. The van der Waals surface area contributed by atoms with Crippen molar-refractivity contribution in [2.24, 2.45) is 0 Å². The molecule has 0 aromatic heterocycles. The van der Waals surface area contributed by atoms with Crippen molar-refractivity contribution in [1.29, 1.82) is 0 Å². The monoisotopic (exact) mass is 285 g/mol. The number of nitrogens with one attached hydrogen (secondary N) is 1. The van der Waals surface area contributed by atoms with Gasteiger partial charge in [-0.3, -0.25) is 14.9 Å². The van der Waals surface area contributed by atoms with Crippen molar-refractivity contribution in [2.45, 2.75) is 5.92 Å². The number of alkyl halides is 2. The topological polar surface area (TPSA) is 75.5 Å². The Morgan fingerprint density at radius 2 is 1.80 bits per heavy atom. The fraction of sp³-hybridized carbons (Fsp3) is 0.417. The van der Waals surface area contributed by atoms with Crippen molar-refractivity contribution >= 4 is 11.6 Å². The predicted octanol–water partition coefficient (Wildman–Crippen LogP) is 1.12. The van der Waals surface area contributed by atoms with Gasteiger partial charge >= 0.3 is 5.92 Å². The fourth-order valence-corrected chi connectivity index (χ4v) is 1.98. The van der Waals surface area contributed by atoms with Gasteiger partial charge in [-0.25, -0.2) is 0 Å². The van der Waals surface area contributed by atoms with Gasteiger partial charge in [-0.1, -0.05) is 0 Å². The van der Waals surface area contributed by atoms with Crippen molar-refractivity contribution in [3.63, 3.8) is 0 Å². The van der Waals surface area contributed by atoms with Gasteiger partial charge in [-0.15, -0.1) is 0 Å². The minimum atomic E-state index is -3.67. The number of non-ortho nitro benzene ring substituents is 1. The Morgan fingerprint density at radius 3 is 2.30 bits per heavy atom. The number of hydrogen-bond donors (Lipinski definition) is 1. The van der Waals surface area contributed by atoms with Gasteiger partial charge in [0.05, 0.1) is 4.92 Å². The van der Waals surface area contributed by atoms with E-state index in [0.29, 0.717) is 13.1 Å². The molecular formula is C12H13F2N3O3. The lowest BCUT2D eigenvalue weighted by Gasteiger charge is -2.30. The number of amides is 1. The summed E-state index contributed by atoms with van der Waals surface area (Å²) in [5, 5.41) is 13.4. The minimum absolute atomic E-state index is 0.224. The van der Waals surface area contributed by atoms with E-state index in [1.807, 2.05) is 0 Å². The van der Waals surface area contributed by atoms with Crippen LogP contribution >= 0.6 is 0 Å². The first-order chi connectivity index (χ1) is 9.43. The number of nitro benzene ring substituents is 1. The Balaban J connectivity index is 2.19. The highest BCUT2D eigenvalue weighted by molar-refractivity contribution is 5.85. The molecule has 0 bridgehead atoms. The molecule has 0 atom stereocenters. The molecule has 1 fully saturated rings. The molecule has 2 rings (SSSR count). The molecule has 1 N–H and O–H groups in total. The molecule has 0 aliphatic carbocycles. The van der Waals surface area contributed by atoms with E-state index in [1.54, 1.807) is 0 Å². The highest BCUT2D eigenvalue weighted by Crippen LogP contribution is 2.31. The van der Waals surface area contributed by atoms with E-state index in [9.17, 15) is 23.7 Å². The second-order valence-corrected chi connectivity index (χ2v) is 4.42. The van der Waals surface area contributed by atoms with Crippen LogP contribution in [0.15, 0.2) is 24.3 Å². The van der Waals surface area contributed by atoms with Crippen molar-refractivity contribution in [1.82, 2.24) is 10.2 Å². The smallest absolute Gasteiger partial charge is 0.335 e. The van der Waals surface area contributed by atoms with Crippen molar-refractivity contribution < 1.29 is 18.5 Å². The molecule has 1 amide bonds. The van der Waals surface area contributed by atoms with Crippen LogP contribution in [0.5, 0.6) is 0 Å². The van der Waals surface area contributed by atoms with E-state index in [0.717, 1.165) is 29.2 Å². The Kier molecular flexibility index (Phi) is 3.93. The van der Waals surface area contributed by atoms with E-state index < -0.39 is 22.3 Å². The minimum Gasteiger partial charge on any atom is -0.335 e. The summed E-state index contributed by atoms with van der Waals surface area (Å²) < 4.78 is 28.2. The number of hydrogen-bond acceptors (Lipinski definition) is 4. The first-order valence-electron chi connectivity index (χ1n) is 6.06. The predicted molar refractivity (Wildman–Crippen MR) is 66.4 cm³/mol. The fourth-order valence-electron chi connectivity index (χ4n) is 1.98. The number of nitro groups is 1. The Hall–Kier alpha value is -2.09. The van der Waals surface area contributed by atoms with E-state index in [2.05, 4.69) is 5.32 Å². The lowest BCUT2D eigenvalue weighted by atomic mass is 10.1. The summed E-state index contributed by atoms with van der Waals surface area (Å²) in [5.41, 5.74) is -0.828. The quantitative estimate of drug-likeness (QED) is 0.667. The number of carbonyl (C=O) groups is 1. The molecule has 1 aromatic rings. The zero-order valence-electron chi connectivity index (χ0n) is 10.5. The van der Waals surface area contributed by atoms with E-state index in [-0.39, 0.29) is 18.8 Å². The van der Waals surface area contributed by atoms with E-state index >= 15 is 0 Å². The Labute approximate surface area is 113 Å². The van der Waals surface area contributed by atoms with E-state index in [1.165, 1.54) is 0 Å². The van der Waals surface area contributed by atoms with Crippen LogP contribution < -0.4 is 5.32 Å². The van der Waals surface area contributed by atoms with Crippen LogP contribution in [0.1, 0.15) is 5.56 Å². The van der Waals surface area contributed by atoms with Crippen molar-refractivity contribution in [2.75, 3.05) is 26.2 Å². The third-order valence-corrected chi connectivity index (χ3v) is 3.11. The third kappa shape index (κ3) is 2.74. The molecular weight excluding hydrogens is 272 g/mol. The van der Waals surface area contributed by atoms with E-state index in [4.69, 9.17) is 0 Å². The van der Waals surface area contributed by atoms with Crippen molar-refractivity contribution in [3.8, 4) is 0 Å². The van der Waals surface area contributed by atoms with Crippen LogP contribution in [-0.4, -0.2) is 41.9 Å². The molecule has 1 saturated heterocycles. The SMILES string of the molecule is O=C(N1CCNCC1)C(F)(F)c1ccc([N+](=O)[O-])cc1. The molecule has 8 heteroatoms. The van der Waals surface area contributed by atoms with Gasteiger partial charge in [-0.05, 0) is 12.1 Å². The molecule has 1 aliphatic rings. The Bertz CT molecular complexity index is 513. The second kappa shape index (κ2) is 5.49. The lowest BCUT2D eigenvalue weighted by Crippen LogP contribution is -2.51. The normalized spacial score (nSPS) is 16.0. The molecule has 0 unspecified atom stereocenters. The summed E-state index contributed by atoms with van der Waals surface area (Å²) in [4.78, 5) is 22.7. The maximum absolute atomic E-state index is 14.1. The van der Waals surface area contributed by atoms with Gasteiger partial charge in [0, 0.05) is 43.9 Å². The molecule has 108 valence electrons. The molecule has 20 heavy (non-hydrogen) atoms. The summed E-state index contributed by atoms with van der Waals surface area (Å²) in [6, 6.07) is 3.76. The highest BCUT2D eigenvalue weighted by atomic mass is 19.3. The standard InChI is InChI=1S/C12H13F2N3O3/c13-12(14,11(18)16-7-5-15-6-8-16)9-1-3-10(4-2-9)17(19)20/h1-4,15H,5-8H2. The third-order valence-electron chi connectivity index (χ3n) is 3.11. The first kappa shape index (κ1) is 14.3. The number of halogens is 2. The van der Waals surface area contributed by atoms with Crippen LogP contribution in [-0.2, 0) is 10.7 Å². The highest BCUT2D eigenvalue weighted by Gasteiger charge is 2.44. The zero-order chi connectivity index (χ0) is 14.8. The summed E-state index contributed by atoms with van der Waals surface area (Å²) in [7, 11) is 0. The van der Waals surface area contributed by atoms with Gasteiger partial charge in [0.2, 0.25) is 0 Å². The van der Waals surface area contributed by atoms with Crippen LogP contribution in [0.4, 0.5) is 14.5 Å². The van der Waals surface area contributed by atoms with Crippen molar-refractivity contribution in [3.05, 3.63) is 39.9 Å². The van der Waals surface area contributed by atoms with Crippen LogP contribution in [0.2, 0.25) is 0 Å². The Morgan fingerprint density at radius 1 is 1.25 bits per heavy atom. The number of piperazine rings is 1. The van der Waals surface area contributed by atoms with Gasteiger partial charge < -0.3 is 10.2 Å². The average Bonchev–Trinajstić information content (AvgIpc) is 2.47. The molecule has 6 nitrogen and oxygen atoms in total. The molecule has 1 aliphatic heterocycles.